The molecule has 0 spiro atoms. The predicted molar refractivity (Wildman–Crippen MR) is 86.8 cm³/mol. The molecule has 0 radical (unpaired) electrons. The van der Waals surface area contributed by atoms with Gasteiger partial charge in [0.15, 0.2) is 0 Å². The van der Waals surface area contributed by atoms with E-state index in [1.165, 1.54) is 5.56 Å². The van der Waals surface area contributed by atoms with Crippen molar-refractivity contribution in [2.45, 2.75) is 46.0 Å². The first-order chi connectivity index (χ1) is 9.97. The number of aryl methyl sites for hydroxylation is 1. The Hall–Kier alpha value is -1.51. The minimum atomic E-state index is -0.633. The monoisotopic (exact) mass is 289 g/mol. The Morgan fingerprint density at radius 2 is 2.05 bits per heavy atom. The molecule has 2 atom stereocenters. The molecule has 2 unspecified atom stereocenters. The Morgan fingerprint density at radius 3 is 2.57 bits per heavy atom. The van der Waals surface area contributed by atoms with Gasteiger partial charge in [-0.2, -0.15) is 0 Å². The average Bonchev–Trinajstić information content (AvgIpc) is 2.47. The number of carboxylic acid groups (broad SMARTS) is 1. The molecule has 116 valence electrons. The lowest BCUT2D eigenvalue weighted by atomic mass is 9.69. The number of benzene rings is 1. The van der Waals surface area contributed by atoms with Crippen LogP contribution in [-0.4, -0.2) is 24.7 Å². The number of carboxylic acids is 1. The van der Waals surface area contributed by atoms with Crippen molar-refractivity contribution in [2.75, 3.05) is 18.5 Å². The first-order valence-corrected chi connectivity index (χ1v) is 8.00. The summed E-state index contributed by atoms with van der Waals surface area (Å²) in [7, 11) is 2.00. The van der Waals surface area contributed by atoms with Gasteiger partial charge in [-0.25, -0.2) is 0 Å². The topological polar surface area (TPSA) is 40.5 Å². The van der Waals surface area contributed by atoms with Crippen molar-refractivity contribution in [1.82, 2.24) is 0 Å². The maximum absolute atomic E-state index is 11.9. The highest BCUT2D eigenvalue weighted by atomic mass is 16.4. The summed E-state index contributed by atoms with van der Waals surface area (Å²) in [6.45, 7) is 4.91. The zero-order chi connectivity index (χ0) is 15.5. The van der Waals surface area contributed by atoms with E-state index in [2.05, 4.69) is 43.0 Å². The third-order valence-electron chi connectivity index (χ3n) is 4.87. The summed E-state index contributed by atoms with van der Waals surface area (Å²) in [5.74, 6) is -0.128. The molecule has 1 aliphatic rings. The zero-order valence-corrected chi connectivity index (χ0v) is 13.4. The van der Waals surface area contributed by atoms with Crippen LogP contribution in [0.2, 0.25) is 0 Å². The standard InChI is InChI=1S/C18H27NO2/c1-4-15-7-9-16(10-8-15)19(3)13-18(17(20)21)11-5-6-14(2)12-18/h7-10,14H,4-6,11-13H2,1-3H3,(H,20,21). The number of hydrogen-bond acceptors (Lipinski definition) is 2. The lowest BCUT2D eigenvalue weighted by Crippen LogP contribution is -2.45. The Labute approximate surface area is 128 Å². The van der Waals surface area contributed by atoms with Gasteiger partial charge in [0.2, 0.25) is 0 Å². The third-order valence-corrected chi connectivity index (χ3v) is 4.87. The van der Waals surface area contributed by atoms with E-state index in [0.717, 1.165) is 37.8 Å². The van der Waals surface area contributed by atoms with Gasteiger partial charge in [-0.05, 0) is 42.9 Å². The van der Waals surface area contributed by atoms with Crippen molar-refractivity contribution < 1.29 is 9.90 Å². The molecule has 0 aliphatic heterocycles. The van der Waals surface area contributed by atoms with E-state index in [1.807, 2.05) is 7.05 Å². The fraction of sp³-hybridized carbons (Fsp3) is 0.611. The normalized spacial score (nSPS) is 25.6. The number of anilines is 1. The fourth-order valence-corrected chi connectivity index (χ4v) is 3.60. The van der Waals surface area contributed by atoms with Gasteiger partial charge in [0, 0.05) is 19.3 Å². The van der Waals surface area contributed by atoms with Crippen molar-refractivity contribution in [3.05, 3.63) is 29.8 Å². The summed E-state index contributed by atoms with van der Waals surface area (Å²) in [6, 6.07) is 8.45. The van der Waals surface area contributed by atoms with Crippen molar-refractivity contribution in [3.63, 3.8) is 0 Å². The zero-order valence-electron chi connectivity index (χ0n) is 13.4. The highest BCUT2D eigenvalue weighted by Crippen LogP contribution is 2.40. The Bertz CT molecular complexity index is 482. The SMILES string of the molecule is CCc1ccc(N(C)CC2(C(=O)O)CCCC(C)C2)cc1. The van der Waals surface area contributed by atoms with E-state index in [9.17, 15) is 9.90 Å². The Morgan fingerprint density at radius 1 is 1.38 bits per heavy atom. The van der Waals surface area contributed by atoms with Crippen molar-refractivity contribution >= 4 is 11.7 Å². The van der Waals surface area contributed by atoms with Crippen LogP contribution in [0.4, 0.5) is 5.69 Å². The number of aliphatic carboxylic acids is 1. The van der Waals surface area contributed by atoms with Crippen molar-refractivity contribution in [3.8, 4) is 0 Å². The van der Waals surface area contributed by atoms with E-state index in [0.29, 0.717) is 12.5 Å². The minimum absolute atomic E-state index is 0.505. The first kappa shape index (κ1) is 15.9. The molecule has 3 heteroatoms. The van der Waals surface area contributed by atoms with Gasteiger partial charge in [-0.15, -0.1) is 0 Å². The van der Waals surface area contributed by atoms with Crippen LogP contribution in [0.5, 0.6) is 0 Å². The number of nitrogens with zero attached hydrogens (tertiary/aromatic N) is 1. The van der Waals surface area contributed by atoms with Crippen LogP contribution in [0.1, 0.15) is 45.1 Å². The number of rotatable bonds is 5. The number of carbonyl (C=O) groups is 1. The molecule has 0 heterocycles. The molecular formula is C18H27NO2. The van der Waals surface area contributed by atoms with Crippen LogP contribution >= 0.6 is 0 Å². The average molecular weight is 289 g/mol. The molecule has 0 bridgehead atoms. The molecule has 2 rings (SSSR count). The minimum Gasteiger partial charge on any atom is -0.481 e. The van der Waals surface area contributed by atoms with Crippen molar-refractivity contribution in [1.29, 1.82) is 0 Å². The fourth-order valence-electron chi connectivity index (χ4n) is 3.60. The quantitative estimate of drug-likeness (QED) is 0.891. The van der Waals surface area contributed by atoms with Crippen LogP contribution < -0.4 is 4.90 Å². The lowest BCUT2D eigenvalue weighted by molar-refractivity contribution is -0.151. The van der Waals surface area contributed by atoms with Crippen molar-refractivity contribution in [2.24, 2.45) is 11.3 Å². The van der Waals surface area contributed by atoms with E-state index < -0.39 is 11.4 Å². The highest BCUT2D eigenvalue weighted by Gasteiger charge is 2.42. The van der Waals surface area contributed by atoms with Gasteiger partial charge in [-0.1, -0.05) is 38.8 Å². The molecule has 1 N–H and O–H groups in total. The van der Waals surface area contributed by atoms with Gasteiger partial charge in [-0.3, -0.25) is 4.79 Å². The van der Waals surface area contributed by atoms with E-state index >= 15 is 0 Å². The summed E-state index contributed by atoms with van der Waals surface area (Å²) in [5, 5.41) is 9.76. The maximum atomic E-state index is 11.9. The molecule has 1 aromatic rings. The summed E-state index contributed by atoms with van der Waals surface area (Å²) >= 11 is 0. The molecule has 1 saturated carbocycles. The van der Waals surface area contributed by atoms with E-state index in [-0.39, 0.29) is 0 Å². The molecule has 0 amide bonds. The molecule has 1 aliphatic carbocycles. The predicted octanol–water partition coefficient (Wildman–Crippen LogP) is 3.97. The van der Waals surface area contributed by atoms with Crippen LogP contribution in [0.25, 0.3) is 0 Å². The Kier molecular flexibility index (Phi) is 4.92. The van der Waals surface area contributed by atoms with Crippen LogP contribution in [0.3, 0.4) is 0 Å². The van der Waals surface area contributed by atoms with E-state index in [1.54, 1.807) is 0 Å². The van der Waals surface area contributed by atoms with Gasteiger partial charge < -0.3 is 10.0 Å². The third kappa shape index (κ3) is 3.58. The van der Waals surface area contributed by atoms with Gasteiger partial charge in [0.1, 0.15) is 0 Å². The van der Waals surface area contributed by atoms with Crippen LogP contribution in [0.15, 0.2) is 24.3 Å². The second kappa shape index (κ2) is 6.50. The molecule has 1 fully saturated rings. The number of hydrogen-bond donors (Lipinski definition) is 1. The summed E-state index contributed by atoms with van der Waals surface area (Å²) in [5.41, 5.74) is 1.83. The van der Waals surface area contributed by atoms with Gasteiger partial charge in [0.25, 0.3) is 0 Å². The summed E-state index contributed by atoms with van der Waals surface area (Å²) < 4.78 is 0. The second-order valence-electron chi connectivity index (χ2n) is 6.66. The Balaban J connectivity index is 2.14. The molecule has 1 aromatic carbocycles. The van der Waals surface area contributed by atoms with Gasteiger partial charge >= 0.3 is 5.97 Å². The molecule has 21 heavy (non-hydrogen) atoms. The second-order valence-corrected chi connectivity index (χ2v) is 6.66. The smallest absolute Gasteiger partial charge is 0.311 e. The molecule has 0 aromatic heterocycles. The molecular weight excluding hydrogens is 262 g/mol. The first-order valence-electron chi connectivity index (χ1n) is 8.00. The largest absolute Gasteiger partial charge is 0.481 e. The van der Waals surface area contributed by atoms with E-state index in [4.69, 9.17) is 0 Å². The highest BCUT2D eigenvalue weighted by molar-refractivity contribution is 5.76. The van der Waals surface area contributed by atoms with Crippen LogP contribution in [-0.2, 0) is 11.2 Å². The molecule has 3 nitrogen and oxygen atoms in total. The summed E-state index contributed by atoms with van der Waals surface area (Å²) in [6.07, 6.45) is 4.80. The van der Waals surface area contributed by atoms with Crippen LogP contribution in [0, 0.1) is 11.3 Å². The molecule has 0 saturated heterocycles. The maximum Gasteiger partial charge on any atom is 0.311 e. The van der Waals surface area contributed by atoms with Gasteiger partial charge in [0.05, 0.1) is 5.41 Å². The lowest BCUT2D eigenvalue weighted by Gasteiger charge is -2.39. The summed E-state index contributed by atoms with van der Waals surface area (Å²) in [4.78, 5) is 14.0.